The molecule has 1 unspecified atom stereocenters. The summed E-state index contributed by atoms with van der Waals surface area (Å²) in [5.74, 6) is 0. The number of rotatable bonds is 2. The summed E-state index contributed by atoms with van der Waals surface area (Å²) in [6, 6.07) is 0. The second kappa shape index (κ2) is 3.67. The summed E-state index contributed by atoms with van der Waals surface area (Å²) in [5.41, 5.74) is 1.23. The van der Waals surface area contributed by atoms with Crippen molar-refractivity contribution in [2.75, 3.05) is 0 Å². The fourth-order valence-electron chi connectivity index (χ4n) is 0.402. The van der Waals surface area contributed by atoms with Gasteiger partial charge in [-0.25, -0.2) is 5.11 Å². The molecule has 1 atom stereocenters. The second-order valence-corrected chi connectivity index (χ2v) is 2.33. The van der Waals surface area contributed by atoms with Gasteiger partial charge in [0.05, 0.1) is 6.10 Å². The van der Waals surface area contributed by atoms with Gasteiger partial charge in [-0.1, -0.05) is 11.6 Å². The lowest BCUT2D eigenvalue weighted by molar-refractivity contribution is 0.108. The Morgan fingerprint density at radius 1 is 1.62 bits per heavy atom. The maximum absolute atomic E-state index is 10.4. The molecule has 0 spiro atoms. The normalized spacial score (nSPS) is 13.0. The molecule has 0 amide bonds. The van der Waals surface area contributed by atoms with Gasteiger partial charge in [-0.15, -0.1) is 0 Å². The average molecular weight is 113 g/mol. The van der Waals surface area contributed by atoms with E-state index in [1.165, 1.54) is 5.57 Å². The molecule has 0 aromatic rings. The zero-order valence-electron chi connectivity index (χ0n) is 5.77. The van der Waals surface area contributed by atoms with Crippen LogP contribution in [0, 0.1) is 0 Å². The lowest BCUT2D eigenvalue weighted by atomic mass is 10.2. The Morgan fingerprint density at radius 2 is 2.12 bits per heavy atom. The monoisotopic (exact) mass is 113 g/mol. The minimum Gasteiger partial charge on any atom is -0.233 e. The number of hydrogen-bond donors (Lipinski definition) is 0. The molecule has 0 aliphatic carbocycles. The quantitative estimate of drug-likeness (QED) is 0.489. The van der Waals surface area contributed by atoms with Gasteiger partial charge in [0.1, 0.15) is 0 Å². The van der Waals surface area contributed by atoms with Crippen LogP contribution in [-0.2, 0) is 5.11 Å². The van der Waals surface area contributed by atoms with Crippen molar-refractivity contribution >= 4 is 0 Å². The minimum atomic E-state index is -0.440. The van der Waals surface area contributed by atoms with Crippen molar-refractivity contribution in [1.82, 2.24) is 0 Å². The lowest BCUT2D eigenvalue weighted by Crippen LogP contribution is -1.93. The highest BCUT2D eigenvalue weighted by molar-refractivity contribution is 4.93. The van der Waals surface area contributed by atoms with E-state index in [1.807, 2.05) is 19.9 Å². The molecule has 0 aromatic heterocycles. The molecule has 1 radical (unpaired) electrons. The first-order chi connectivity index (χ1) is 3.63. The van der Waals surface area contributed by atoms with Crippen LogP contribution < -0.4 is 0 Å². The van der Waals surface area contributed by atoms with E-state index < -0.39 is 6.10 Å². The van der Waals surface area contributed by atoms with Crippen molar-refractivity contribution in [2.24, 2.45) is 0 Å². The van der Waals surface area contributed by atoms with Crippen molar-refractivity contribution in [3.8, 4) is 0 Å². The molecule has 0 fully saturated rings. The van der Waals surface area contributed by atoms with E-state index in [0.29, 0.717) is 6.42 Å². The van der Waals surface area contributed by atoms with Crippen LogP contribution in [0.5, 0.6) is 0 Å². The Bertz CT molecular complexity index is 78.4. The molecule has 0 aliphatic heterocycles. The topological polar surface area (TPSA) is 19.9 Å². The second-order valence-electron chi connectivity index (χ2n) is 2.33. The van der Waals surface area contributed by atoms with Crippen LogP contribution in [0.4, 0.5) is 0 Å². The van der Waals surface area contributed by atoms with Crippen molar-refractivity contribution in [2.45, 2.75) is 33.3 Å². The smallest absolute Gasteiger partial charge is 0.0936 e. The van der Waals surface area contributed by atoms with E-state index in [0.717, 1.165) is 0 Å². The maximum Gasteiger partial charge on any atom is 0.0936 e. The van der Waals surface area contributed by atoms with Gasteiger partial charge in [0, 0.05) is 0 Å². The summed E-state index contributed by atoms with van der Waals surface area (Å²) >= 11 is 0. The molecule has 0 aromatic carbocycles. The Morgan fingerprint density at radius 3 is 2.25 bits per heavy atom. The first-order valence-electron chi connectivity index (χ1n) is 2.92. The third-order valence-electron chi connectivity index (χ3n) is 0.858. The summed E-state index contributed by atoms with van der Waals surface area (Å²) in [5, 5.41) is 10.4. The molecule has 0 rings (SSSR count). The van der Waals surface area contributed by atoms with Crippen molar-refractivity contribution < 1.29 is 5.11 Å². The predicted molar refractivity (Wildman–Crippen MR) is 34.2 cm³/mol. The fourth-order valence-corrected chi connectivity index (χ4v) is 0.402. The summed E-state index contributed by atoms with van der Waals surface area (Å²) in [6.45, 7) is 5.68. The van der Waals surface area contributed by atoms with Gasteiger partial charge >= 0.3 is 0 Å². The zero-order valence-corrected chi connectivity index (χ0v) is 5.77. The average Bonchev–Trinajstić information content (AvgIpc) is 1.61. The summed E-state index contributed by atoms with van der Waals surface area (Å²) in [4.78, 5) is 0. The minimum absolute atomic E-state index is 0.440. The number of hydrogen-bond acceptors (Lipinski definition) is 0. The first kappa shape index (κ1) is 7.70. The van der Waals surface area contributed by atoms with Gasteiger partial charge in [-0.05, 0) is 27.2 Å². The Kier molecular flexibility index (Phi) is 3.53. The summed E-state index contributed by atoms with van der Waals surface area (Å²) in [7, 11) is 0. The molecule has 1 nitrogen and oxygen atoms in total. The molecule has 0 N–H and O–H groups in total. The molecule has 47 valence electrons. The van der Waals surface area contributed by atoms with Crippen LogP contribution in [0.15, 0.2) is 11.6 Å². The highest BCUT2D eigenvalue weighted by Gasteiger charge is 1.90. The molecule has 8 heavy (non-hydrogen) atoms. The van der Waals surface area contributed by atoms with Gasteiger partial charge < -0.3 is 0 Å². The van der Waals surface area contributed by atoms with Crippen LogP contribution in [0.3, 0.4) is 0 Å². The van der Waals surface area contributed by atoms with Crippen molar-refractivity contribution in [3.63, 3.8) is 0 Å². The third kappa shape index (κ3) is 5.70. The highest BCUT2D eigenvalue weighted by atomic mass is 16.3. The third-order valence-corrected chi connectivity index (χ3v) is 0.858. The molecular weight excluding hydrogens is 100 g/mol. The predicted octanol–water partition coefficient (Wildman–Crippen LogP) is 2.16. The SMILES string of the molecule is CC(C)=CCC(C)[O]. The molecule has 0 heterocycles. The van der Waals surface area contributed by atoms with E-state index in [1.54, 1.807) is 6.92 Å². The van der Waals surface area contributed by atoms with Gasteiger partial charge in [-0.2, -0.15) is 0 Å². The van der Waals surface area contributed by atoms with Crippen molar-refractivity contribution in [1.29, 1.82) is 0 Å². The Hall–Kier alpha value is -0.300. The van der Waals surface area contributed by atoms with E-state index >= 15 is 0 Å². The molecule has 0 saturated heterocycles. The molecule has 1 heteroatoms. The van der Waals surface area contributed by atoms with Gasteiger partial charge in [0.25, 0.3) is 0 Å². The van der Waals surface area contributed by atoms with Crippen LogP contribution in [0.1, 0.15) is 27.2 Å². The van der Waals surface area contributed by atoms with E-state index in [9.17, 15) is 5.11 Å². The van der Waals surface area contributed by atoms with Gasteiger partial charge in [0.2, 0.25) is 0 Å². The molecule has 0 saturated carbocycles. The number of allylic oxidation sites excluding steroid dienone is 1. The summed E-state index contributed by atoms with van der Waals surface area (Å²) in [6.07, 6.45) is 2.20. The van der Waals surface area contributed by atoms with E-state index in [4.69, 9.17) is 0 Å². The molecular formula is C7H13O. The lowest BCUT2D eigenvalue weighted by Gasteiger charge is -1.93. The van der Waals surface area contributed by atoms with Crippen LogP contribution >= 0.6 is 0 Å². The standard InChI is InChI=1S/C7H13O/c1-6(2)4-5-7(3)8/h4,7H,5H2,1-3H3. The van der Waals surface area contributed by atoms with Crippen molar-refractivity contribution in [3.05, 3.63) is 11.6 Å². The Balaban J connectivity index is 3.29. The van der Waals surface area contributed by atoms with Crippen LogP contribution in [-0.4, -0.2) is 6.10 Å². The maximum atomic E-state index is 10.4. The van der Waals surface area contributed by atoms with Gasteiger partial charge in [0.15, 0.2) is 0 Å². The van der Waals surface area contributed by atoms with Crippen LogP contribution in [0.2, 0.25) is 0 Å². The summed E-state index contributed by atoms with van der Waals surface area (Å²) < 4.78 is 0. The highest BCUT2D eigenvalue weighted by Crippen LogP contribution is 1.96. The fraction of sp³-hybridized carbons (Fsp3) is 0.714. The molecule has 0 aliphatic rings. The first-order valence-corrected chi connectivity index (χ1v) is 2.92. The largest absolute Gasteiger partial charge is 0.233 e. The van der Waals surface area contributed by atoms with Crippen LogP contribution in [0.25, 0.3) is 0 Å². The Labute approximate surface area is 51.0 Å². The van der Waals surface area contributed by atoms with E-state index in [2.05, 4.69) is 0 Å². The van der Waals surface area contributed by atoms with E-state index in [-0.39, 0.29) is 0 Å². The molecule has 0 bridgehead atoms. The zero-order chi connectivity index (χ0) is 6.57. The van der Waals surface area contributed by atoms with Gasteiger partial charge in [-0.3, -0.25) is 0 Å².